The van der Waals surface area contributed by atoms with Crippen molar-refractivity contribution in [2.24, 2.45) is 0 Å². The minimum absolute atomic E-state index is 0.186. The van der Waals surface area contributed by atoms with Crippen molar-refractivity contribution in [2.75, 3.05) is 25.6 Å². The number of methoxy groups -OCH3 is 1. The largest absolute Gasteiger partial charge is 0.480 e. The second kappa shape index (κ2) is 5.41. The molecule has 0 spiro atoms. The summed E-state index contributed by atoms with van der Waals surface area (Å²) in [6.07, 6.45) is 1.35. The number of carbonyl (C=O) groups is 2. The molecule has 0 aliphatic rings. The van der Waals surface area contributed by atoms with Crippen molar-refractivity contribution in [2.45, 2.75) is 6.92 Å². The predicted octanol–water partition coefficient (Wildman–Crippen LogP) is 1.31. The van der Waals surface area contributed by atoms with Crippen molar-refractivity contribution in [1.29, 1.82) is 0 Å². The Kier molecular flexibility index (Phi) is 3.84. The van der Waals surface area contributed by atoms with Crippen LogP contribution >= 0.6 is 11.3 Å². The van der Waals surface area contributed by atoms with Gasteiger partial charge in [0.1, 0.15) is 28.4 Å². The number of carbonyl (C=O) groups excluding carboxylic acids is 1. The molecule has 2 rings (SSSR count). The lowest BCUT2D eigenvalue weighted by atomic mass is 10.2. The van der Waals surface area contributed by atoms with Gasteiger partial charge in [0.2, 0.25) is 0 Å². The molecule has 0 amide bonds. The lowest BCUT2D eigenvalue weighted by molar-refractivity contribution is -0.135. The summed E-state index contributed by atoms with van der Waals surface area (Å²) < 4.78 is 4.73. The van der Waals surface area contributed by atoms with Crippen molar-refractivity contribution >= 4 is 39.3 Å². The zero-order valence-corrected chi connectivity index (χ0v) is 12.0. The Morgan fingerprint density at radius 2 is 2.15 bits per heavy atom. The van der Waals surface area contributed by atoms with E-state index in [1.54, 1.807) is 14.0 Å². The maximum absolute atomic E-state index is 11.7. The summed E-state index contributed by atoms with van der Waals surface area (Å²) in [4.78, 5) is 33.3. The van der Waals surface area contributed by atoms with Crippen molar-refractivity contribution in [3.05, 3.63) is 16.8 Å². The molecular weight excluding hydrogens is 282 g/mol. The topological polar surface area (TPSA) is 92.6 Å². The number of thiophene rings is 1. The van der Waals surface area contributed by atoms with Gasteiger partial charge in [-0.3, -0.25) is 4.79 Å². The maximum atomic E-state index is 11.7. The fourth-order valence-electron chi connectivity index (χ4n) is 1.91. The molecule has 8 heteroatoms. The van der Waals surface area contributed by atoms with Crippen molar-refractivity contribution in [1.82, 2.24) is 9.97 Å². The smallest absolute Gasteiger partial charge is 0.348 e. The van der Waals surface area contributed by atoms with E-state index in [2.05, 4.69) is 9.97 Å². The molecule has 0 aromatic carbocycles. The third-order valence-corrected chi connectivity index (χ3v) is 3.99. The molecule has 0 unspecified atom stereocenters. The average molecular weight is 295 g/mol. The normalized spacial score (nSPS) is 10.6. The highest BCUT2D eigenvalue weighted by atomic mass is 32.1. The Balaban J connectivity index is 2.59. The quantitative estimate of drug-likeness (QED) is 0.850. The second-order valence-corrected chi connectivity index (χ2v) is 5.17. The molecule has 20 heavy (non-hydrogen) atoms. The molecule has 0 fully saturated rings. The molecule has 0 radical (unpaired) electrons. The average Bonchev–Trinajstić information content (AvgIpc) is 2.74. The number of esters is 1. The molecule has 0 bridgehead atoms. The van der Waals surface area contributed by atoms with E-state index < -0.39 is 11.9 Å². The Morgan fingerprint density at radius 1 is 1.45 bits per heavy atom. The maximum Gasteiger partial charge on any atom is 0.348 e. The van der Waals surface area contributed by atoms with Crippen LogP contribution in [0.2, 0.25) is 0 Å². The molecule has 2 aromatic rings. The Hall–Kier alpha value is -2.22. The molecule has 106 valence electrons. The Labute approximate surface area is 118 Å². The third-order valence-electron chi connectivity index (χ3n) is 2.81. The molecular formula is C12H13N3O4S. The van der Waals surface area contributed by atoms with Crippen LogP contribution in [-0.4, -0.2) is 47.7 Å². The van der Waals surface area contributed by atoms with Crippen LogP contribution in [0.25, 0.3) is 10.2 Å². The van der Waals surface area contributed by atoms with E-state index in [1.807, 2.05) is 0 Å². The number of likely N-dealkylation sites (N-methyl/N-ethyl adjacent to an activating group) is 1. The van der Waals surface area contributed by atoms with E-state index in [0.717, 1.165) is 0 Å². The van der Waals surface area contributed by atoms with Crippen LogP contribution in [0.5, 0.6) is 0 Å². The summed E-state index contributed by atoms with van der Waals surface area (Å²) in [6.45, 7) is 1.58. The van der Waals surface area contributed by atoms with E-state index in [9.17, 15) is 9.59 Å². The zero-order chi connectivity index (χ0) is 14.9. The van der Waals surface area contributed by atoms with Gasteiger partial charge in [-0.1, -0.05) is 0 Å². The fourth-order valence-corrected chi connectivity index (χ4v) is 2.97. The molecule has 7 nitrogen and oxygen atoms in total. The van der Waals surface area contributed by atoms with Gasteiger partial charge in [-0.05, 0) is 12.5 Å². The lowest BCUT2D eigenvalue weighted by Crippen LogP contribution is -2.26. The molecule has 0 saturated carbocycles. The van der Waals surface area contributed by atoms with Crippen LogP contribution in [0.15, 0.2) is 6.33 Å². The van der Waals surface area contributed by atoms with Crippen LogP contribution in [0.3, 0.4) is 0 Å². The fraction of sp³-hybridized carbons (Fsp3) is 0.333. The van der Waals surface area contributed by atoms with Crippen molar-refractivity contribution in [3.8, 4) is 0 Å². The van der Waals surface area contributed by atoms with Crippen LogP contribution in [0.1, 0.15) is 15.2 Å². The van der Waals surface area contributed by atoms with Gasteiger partial charge in [0, 0.05) is 7.05 Å². The number of aliphatic carboxylic acids is 1. The van der Waals surface area contributed by atoms with Gasteiger partial charge in [0.15, 0.2) is 0 Å². The first-order valence-corrected chi connectivity index (χ1v) is 6.52. The Morgan fingerprint density at radius 3 is 2.75 bits per heavy atom. The van der Waals surface area contributed by atoms with Crippen LogP contribution in [-0.2, 0) is 9.53 Å². The number of nitrogens with zero attached hydrogens (tertiary/aromatic N) is 3. The van der Waals surface area contributed by atoms with Crippen molar-refractivity contribution in [3.63, 3.8) is 0 Å². The molecule has 0 atom stereocenters. The number of carboxylic acid groups (broad SMARTS) is 1. The van der Waals surface area contributed by atoms with Gasteiger partial charge >= 0.3 is 11.9 Å². The molecule has 0 saturated heterocycles. The van der Waals surface area contributed by atoms with Gasteiger partial charge in [-0.25, -0.2) is 14.8 Å². The van der Waals surface area contributed by atoms with E-state index in [4.69, 9.17) is 9.84 Å². The van der Waals surface area contributed by atoms with E-state index >= 15 is 0 Å². The van der Waals surface area contributed by atoms with Gasteiger partial charge < -0.3 is 14.7 Å². The van der Waals surface area contributed by atoms with E-state index in [0.29, 0.717) is 26.5 Å². The van der Waals surface area contributed by atoms with E-state index in [-0.39, 0.29) is 6.54 Å². The Bertz CT molecular complexity index is 683. The first-order valence-electron chi connectivity index (χ1n) is 5.71. The van der Waals surface area contributed by atoms with Gasteiger partial charge in [-0.15, -0.1) is 11.3 Å². The summed E-state index contributed by atoms with van der Waals surface area (Å²) in [6, 6.07) is 0. The highest BCUT2D eigenvalue weighted by molar-refractivity contribution is 7.20. The predicted molar refractivity (Wildman–Crippen MR) is 74.4 cm³/mol. The summed E-state index contributed by atoms with van der Waals surface area (Å²) in [7, 11) is 2.94. The number of aromatic nitrogens is 2. The van der Waals surface area contributed by atoms with Gasteiger partial charge in [-0.2, -0.15) is 0 Å². The van der Waals surface area contributed by atoms with E-state index in [1.165, 1.54) is 29.7 Å². The third kappa shape index (κ3) is 2.42. The summed E-state index contributed by atoms with van der Waals surface area (Å²) in [5.74, 6) is -0.904. The van der Waals surface area contributed by atoms with Gasteiger partial charge in [0.05, 0.1) is 12.5 Å². The first-order chi connectivity index (χ1) is 9.45. The molecule has 2 heterocycles. The highest BCUT2D eigenvalue weighted by Gasteiger charge is 2.21. The second-order valence-electron chi connectivity index (χ2n) is 4.17. The summed E-state index contributed by atoms with van der Waals surface area (Å²) in [5.41, 5.74) is 0.699. The number of rotatable bonds is 4. The lowest BCUT2D eigenvalue weighted by Gasteiger charge is -2.16. The van der Waals surface area contributed by atoms with Crippen LogP contribution in [0, 0.1) is 6.92 Å². The molecule has 2 aromatic heterocycles. The van der Waals surface area contributed by atoms with Crippen LogP contribution in [0.4, 0.5) is 5.82 Å². The summed E-state index contributed by atoms with van der Waals surface area (Å²) in [5, 5.41) is 9.54. The standard InChI is InChI=1S/C12H13N3O4S/c1-6-8-10(15(2)4-7(16)17)13-5-14-11(8)20-9(6)12(18)19-3/h5H,4H2,1-3H3,(H,16,17). The molecule has 0 aliphatic carbocycles. The number of anilines is 1. The molecule has 0 aliphatic heterocycles. The van der Waals surface area contributed by atoms with Crippen LogP contribution < -0.4 is 4.90 Å². The molecule has 1 N–H and O–H groups in total. The summed E-state index contributed by atoms with van der Waals surface area (Å²) >= 11 is 1.21. The monoisotopic (exact) mass is 295 g/mol. The first kappa shape index (κ1) is 14.2. The zero-order valence-electron chi connectivity index (χ0n) is 11.2. The number of aryl methyl sites for hydroxylation is 1. The number of fused-ring (bicyclic) bond motifs is 1. The van der Waals surface area contributed by atoms with Crippen molar-refractivity contribution < 1.29 is 19.4 Å². The highest BCUT2D eigenvalue weighted by Crippen LogP contribution is 2.34. The van der Waals surface area contributed by atoms with Gasteiger partial charge in [0.25, 0.3) is 0 Å². The minimum Gasteiger partial charge on any atom is -0.480 e. The number of hydrogen-bond acceptors (Lipinski definition) is 7. The SMILES string of the molecule is COC(=O)c1sc2ncnc(N(C)CC(=O)O)c2c1C. The number of carboxylic acids is 1. The minimum atomic E-state index is -0.958. The number of hydrogen-bond donors (Lipinski definition) is 1. The number of ether oxygens (including phenoxy) is 1.